The molecule has 1 aromatic carbocycles. The fourth-order valence-corrected chi connectivity index (χ4v) is 3.06. The Labute approximate surface area is 140 Å². The van der Waals surface area contributed by atoms with Gasteiger partial charge in [-0.25, -0.2) is 9.18 Å². The van der Waals surface area contributed by atoms with E-state index >= 15 is 0 Å². The number of carbonyl (C=O) groups is 1. The van der Waals surface area contributed by atoms with Gasteiger partial charge in [-0.3, -0.25) is 4.98 Å². The lowest BCUT2D eigenvalue weighted by molar-refractivity contribution is -0.137. The zero-order valence-corrected chi connectivity index (χ0v) is 12.9. The molecule has 3 nitrogen and oxygen atoms in total. The molecule has 25 heavy (non-hydrogen) atoms. The molecule has 0 aliphatic heterocycles. The van der Waals surface area contributed by atoms with Crippen molar-refractivity contribution in [2.24, 2.45) is 0 Å². The van der Waals surface area contributed by atoms with E-state index in [1.807, 2.05) is 0 Å². The first-order valence-corrected chi connectivity index (χ1v) is 7.55. The largest absolute Gasteiger partial charge is 0.478 e. The van der Waals surface area contributed by atoms with Gasteiger partial charge in [0.15, 0.2) is 0 Å². The summed E-state index contributed by atoms with van der Waals surface area (Å²) in [6.07, 6.45) is 1.18. The average molecular weight is 351 g/mol. The molecular weight excluding hydrogens is 338 g/mol. The van der Waals surface area contributed by atoms with E-state index in [-0.39, 0.29) is 5.56 Å². The minimum atomic E-state index is -4.62. The predicted molar refractivity (Wildman–Crippen MR) is 83.2 cm³/mol. The number of nitrogens with zero attached hydrogens (tertiary/aromatic N) is 1. The lowest BCUT2D eigenvalue weighted by atomic mass is 9.84. The van der Waals surface area contributed by atoms with E-state index in [2.05, 4.69) is 4.98 Å². The van der Waals surface area contributed by atoms with Gasteiger partial charge in [0.1, 0.15) is 5.82 Å². The summed E-state index contributed by atoms with van der Waals surface area (Å²) in [5.74, 6) is -2.08. The van der Waals surface area contributed by atoms with E-state index in [0.29, 0.717) is 47.6 Å². The molecule has 3 rings (SSSR count). The molecule has 0 spiro atoms. The van der Waals surface area contributed by atoms with Gasteiger partial charge in [-0.2, -0.15) is 13.2 Å². The van der Waals surface area contributed by atoms with Gasteiger partial charge < -0.3 is 5.11 Å². The third kappa shape index (κ3) is 3.40. The fraction of sp³-hybridized carbons (Fsp3) is 0.222. The molecule has 1 aromatic heterocycles. The van der Waals surface area contributed by atoms with Crippen LogP contribution in [0.1, 0.15) is 29.5 Å². The van der Waals surface area contributed by atoms with Crippen molar-refractivity contribution >= 4 is 11.5 Å². The number of rotatable bonds is 2. The lowest BCUT2D eigenvalue weighted by Crippen LogP contribution is -2.08. The average Bonchev–Trinajstić information content (AvgIpc) is 2.53. The van der Waals surface area contributed by atoms with Crippen molar-refractivity contribution < 1.29 is 27.5 Å². The Morgan fingerprint density at radius 2 is 1.84 bits per heavy atom. The first-order chi connectivity index (χ1) is 11.8. The summed E-state index contributed by atoms with van der Waals surface area (Å²) in [5.41, 5.74) is 1.24. The number of carboxylic acids is 1. The van der Waals surface area contributed by atoms with Crippen molar-refractivity contribution in [2.75, 3.05) is 0 Å². The molecule has 7 heteroatoms. The summed E-state index contributed by atoms with van der Waals surface area (Å²) in [6.45, 7) is 0. The second kappa shape index (κ2) is 6.31. The molecule has 130 valence electrons. The Kier molecular flexibility index (Phi) is 4.32. The van der Waals surface area contributed by atoms with Crippen LogP contribution in [0.5, 0.6) is 0 Å². The molecule has 0 bridgehead atoms. The molecule has 0 saturated carbocycles. The van der Waals surface area contributed by atoms with E-state index in [0.717, 1.165) is 18.2 Å². The molecule has 1 N–H and O–H groups in total. The maximum Gasteiger partial charge on any atom is 0.416 e. The molecule has 0 unspecified atom stereocenters. The molecule has 0 radical (unpaired) electrons. The third-order valence-electron chi connectivity index (χ3n) is 4.16. The van der Waals surface area contributed by atoms with Crippen LogP contribution < -0.4 is 0 Å². The predicted octanol–water partition coefficient (Wildman–Crippen LogP) is 4.71. The van der Waals surface area contributed by atoms with E-state index in [1.165, 1.54) is 12.4 Å². The van der Waals surface area contributed by atoms with E-state index in [1.54, 1.807) is 0 Å². The van der Waals surface area contributed by atoms with Crippen molar-refractivity contribution in [3.8, 4) is 11.1 Å². The summed E-state index contributed by atoms with van der Waals surface area (Å²) in [6, 6.07) is 2.38. The Bertz CT molecular complexity index is 872. The summed E-state index contributed by atoms with van der Waals surface area (Å²) < 4.78 is 52.4. The van der Waals surface area contributed by atoms with Gasteiger partial charge in [-0.05, 0) is 42.5 Å². The van der Waals surface area contributed by atoms with Crippen LogP contribution in [0.3, 0.4) is 0 Å². The molecule has 0 atom stereocenters. The summed E-state index contributed by atoms with van der Waals surface area (Å²) >= 11 is 0. The fourth-order valence-electron chi connectivity index (χ4n) is 3.06. The van der Waals surface area contributed by atoms with Gasteiger partial charge in [0, 0.05) is 35.2 Å². The number of hydrogen-bond acceptors (Lipinski definition) is 2. The van der Waals surface area contributed by atoms with Crippen molar-refractivity contribution in [1.29, 1.82) is 0 Å². The molecule has 1 heterocycles. The van der Waals surface area contributed by atoms with Crippen molar-refractivity contribution in [3.63, 3.8) is 0 Å². The van der Waals surface area contributed by atoms with Gasteiger partial charge in [-0.1, -0.05) is 6.07 Å². The molecule has 0 saturated heterocycles. The van der Waals surface area contributed by atoms with Crippen LogP contribution in [0.25, 0.3) is 16.7 Å². The molecule has 1 aliphatic carbocycles. The minimum absolute atomic E-state index is 0.0222. The number of pyridine rings is 1. The lowest BCUT2D eigenvalue weighted by Gasteiger charge is -2.21. The Morgan fingerprint density at radius 1 is 1.12 bits per heavy atom. The van der Waals surface area contributed by atoms with Crippen LogP contribution in [0, 0.1) is 5.82 Å². The number of carboxylic acid groups (broad SMARTS) is 1. The van der Waals surface area contributed by atoms with E-state index in [4.69, 9.17) is 5.11 Å². The first kappa shape index (κ1) is 17.1. The van der Waals surface area contributed by atoms with Crippen LogP contribution in [0.2, 0.25) is 0 Å². The second-order valence-electron chi connectivity index (χ2n) is 5.77. The molecular formula is C18H13F4NO2. The zero-order chi connectivity index (χ0) is 18.2. The highest BCUT2D eigenvalue weighted by molar-refractivity contribution is 5.91. The second-order valence-corrected chi connectivity index (χ2v) is 5.77. The van der Waals surface area contributed by atoms with Crippen molar-refractivity contribution in [3.05, 3.63) is 59.2 Å². The molecule has 2 aromatic rings. The smallest absolute Gasteiger partial charge is 0.416 e. The maximum atomic E-state index is 14.3. The standard InChI is InChI=1S/C18H13F4NO2/c19-16-7-11(18(20,21)22)4-5-13(16)15-9-23-8-14-10(6-17(24)25)2-1-3-12(14)15/h4-9H,1-3H2,(H,24,25). The number of fused-ring (bicyclic) bond motifs is 1. The normalized spacial score (nSPS) is 15.9. The SMILES string of the molecule is O=C(O)C=C1CCCc2c1cncc2-c1ccc(C(F)(F)F)cc1F. The zero-order valence-electron chi connectivity index (χ0n) is 12.9. The monoisotopic (exact) mass is 351 g/mol. The number of allylic oxidation sites excluding steroid dienone is 1. The Morgan fingerprint density at radius 3 is 2.48 bits per heavy atom. The highest BCUT2D eigenvalue weighted by Crippen LogP contribution is 2.38. The van der Waals surface area contributed by atoms with Gasteiger partial charge in [0.25, 0.3) is 0 Å². The Hall–Kier alpha value is -2.70. The quantitative estimate of drug-likeness (QED) is 0.630. The summed E-state index contributed by atoms with van der Waals surface area (Å²) in [5, 5.41) is 8.97. The molecule has 0 amide bonds. The third-order valence-corrected chi connectivity index (χ3v) is 4.16. The maximum absolute atomic E-state index is 14.3. The number of alkyl halides is 3. The van der Waals surface area contributed by atoms with Crippen LogP contribution in [-0.4, -0.2) is 16.1 Å². The van der Waals surface area contributed by atoms with Gasteiger partial charge in [0.05, 0.1) is 5.56 Å². The topological polar surface area (TPSA) is 50.2 Å². The molecule has 0 fully saturated rings. The van der Waals surface area contributed by atoms with Crippen molar-refractivity contribution in [2.45, 2.75) is 25.4 Å². The van der Waals surface area contributed by atoms with Crippen LogP contribution >= 0.6 is 0 Å². The number of aliphatic carboxylic acids is 1. The Balaban J connectivity index is 2.13. The number of halogens is 4. The van der Waals surface area contributed by atoms with E-state index < -0.39 is 23.5 Å². The van der Waals surface area contributed by atoms with Gasteiger partial charge >= 0.3 is 12.1 Å². The van der Waals surface area contributed by atoms with Gasteiger partial charge in [-0.15, -0.1) is 0 Å². The van der Waals surface area contributed by atoms with Crippen LogP contribution in [0.15, 0.2) is 36.7 Å². The summed E-state index contributed by atoms with van der Waals surface area (Å²) in [4.78, 5) is 15.0. The minimum Gasteiger partial charge on any atom is -0.478 e. The number of hydrogen-bond donors (Lipinski definition) is 1. The van der Waals surface area contributed by atoms with Crippen LogP contribution in [-0.2, 0) is 17.4 Å². The van der Waals surface area contributed by atoms with Gasteiger partial charge in [0.2, 0.25) is 0 Å². The van der Waals surface area contributed by atoms with Crippen LogP contribution in [0.4, 0.5) is 17.6 Å². The highest BCUT2D eigenvalue weighted by atomic mass is 19.4. The van der Waals surface area contributed by atoms with E-state index in [9.17, 15) is 22.4 Å². The number of benzene rings is 1. The first-order valence-electron chi connectivity index (χ1n) is 7.55. The number of aromatic nitrogens is 1. The summed E-state index contributed by atoms with van der Waals surface area (Å²) in [7, 11) is 0. The highest BCUT2D eigenvalue weighted by Gasteiger charge is 2.31. The van der Waals surface area contributed by atoms with Crippen molar-refractivity contribution in [1.82, 2.24) is 4.98 Å². The molecule has 1 aliphatic rings.